The molecule has 6 heteroatoms. The van der Waals surface area contributed by atoms with Crippen LogP contribution in [0.4, 0.5) is 0 Å². The summed E-state index contributed by atoms with van der Waals surface area (Å²) in [5.41, 5.74) is 0. The third-order valence-corrected chi connectivity index (χ3v) is 3.73. The van der Waals surface area contributed by atoms with E-state index < -0.39 is 0 Å². The second-order valence-corrected chi connectivity index (χ2v) is 6.04. The molecular weight excluding hydrogens is 367 g/mol. The lowest BCUT2D eigenvalue weighted by molar-refractivity contribution is -0.127. The molecule has 0 spiro atoms. The van der Waals surface area contributed by atoms with E-state index in [4.69, 9.17) is 0 Å². The van der Waals surface area contributed by atoms with Crippen LogP contribution in [0.3, 0.4) is 0 Å². The Morgan fingerprint density at radius 2 is 2.05 bits per heavy atom. The molecule has 2 fully saturated rings. The zero-order chi connectivity index (χ0) is 13.8. The van der Waals surface area contributed by atoms with E-state index in [1.54, 1.807) is 19.0 Å². The number of hydrogen-bond donors (Lipinski definition) is 1. The number of amides is 1. The lowest BCUT2D eigenvalue weighted by Gasteiger charge is -2.33. The van der Waals surface area contributed by atoms with Crippen molar-refractivity contribution in [3.63, 3.8) is 0 Å². The van der Waals surface area contributed by atoms with Crippen molar-refractivity contribution in [3.8, 4) is 0 Å². The van der Waals surface area contributed by atoms with Crippen molar-refractivity contribution in [1.29, 1.82) is 0 Å². The number of likely N-dealkylation sites (tertiary alicyclic amines) is 1. The number of nitrogens with one attached hydrogen (secondary N) is 1. The average molecular weight is 394 g/mol. The highest BCUT2D eigenvalue weighted by molar-refractivity contribution is 14.0. The highest BCUT2D eigenvalue weighted by Gasteiger charge is 2.26. The first-order valence-electron chi connectivity index (χ1n) is 7.32. The molecule has 1 heterocycles. The van der Waals surface area contributed by atoms with E-state index in [2.05, 4.69) is 22.1 Å². The number of guanidine groups is 1. The summed E-state index contributed by atoms with van der Waals surface area (Å²) in [7, 11) is 3.55. The molecule has 0 radical (unpaired) electrons. The highest BCUT2D eigenvalue weighted by atomic mass is 127. The van der Waals surface area contributed by atoms with Crippen LogP contribution in [-0.2, 0) is 4.79 Å². The Morgan fingerprint density at radius 3 is 2.60 bits per heavy atom. The molecular formula is C14H27IN4O. The van der Waals surface area contributed by atoms with Gasteiger partial charge in [-0.3, -0.25) is 4.79 Å². The second kappa shape index (κ2) is 8.05. The molecule has 0 aromatic heterocycles. The SMILES string of the molecule is CC1CCCN(C(=NCC(=O)N(C)C)NC2CC2)C1.I. The summed E-state index contributed by atoms with van der Waals surface area (Å²) in [5.74, 6) is 1.70. The number of carbonyl (C=O) groups excluding carboxylic acids is 1. The first-order valence-corrected chi connectivity index (χ1v) is 7.32. The monoisotopic (exact) mass is 394 g/mol. The van der Waals surface area contributed by atoms with Gasteiger partial charge >= 0.3 is 0 Å². The smallest absolute Gasteiger partial charge is 0.243 e. The molecule has 0 aromatic carbocycles. The van der Waals surface area contributed by atoms with Gasteiger partial charge in [-0.05, 0) is 31.6 Å². The summed E-state index contributed by atoms with van der Waals surface area (Å²) in [6.07, 6.45) is 4.96. The average Bonchev–Trinajstić information content (AvgIpc) is 3.17. The predicted octanol–water partition coefficient (Wildman–Crippen LogP) is 1.53. The van der Waals surface area contributed by atoms with Crippen molar-refractivity contribution in [3.05, 3.63) is 0 Å². The molecule has 1 saturated heterocycles. The van der Waals surface area contributed by atoms with Crippen molar-refractivity contribution < 1.29 is 4.79 Å². The Hall–Kier alpha value is -0.530. The molecule has 1 amide bonds. The number of halogens is 1. The van der Waals surface area contributed by atoms with Crippen LogP contribution in [0.1, 0.15) is 32.6 Å². The molecule has 1 atom stereocenters. The lowest BCUT2D eigenvalue weighted by Crippen LogP contribution is -2.47. The van der Waals surface area contributed by atoms with Crippen LogP contribution in [0.15, 0.2) is 4.99 Å². The van der Waals surface area contributed by atoms with Crippen molar-refractivity contribution in [2.24, 2.45) is 10.9 Å². The molecule has 1 unspecified atom stereocenters. The van der Waals surface area contributed by atoms with Gasteiger partial charge in [0.1, 0.15) is 6.54 Å². The van der Waals surface area contributed by atoms with Gasteiger partial charge in [-0.25, -0.2) is 4.99 Å². The van der Waals surface area contributed by atoms with E-state index >= 15 is 0 Å². The minimum absolute atomic E-state index is 0. The van der Waals surface area contributed by atoms with Crippen molar-refractivity contribution in [2.45, 2.75) is 38.6 Å². The number of hydrogen-bond acceptors (Lipinski definition) is 2. The minimum Gasteiger partial charge on any atom is -0.353 e. The van der Waals surface area contributed by atoms with Crippen LogP contribution >= 0.6 is 24.0 Å². The van der Waals surface area contributed by atoms with Gasteiger partial charge in [-0.2, -0.15) is 0 Å². The van der Waals surface area contributed by atoms with Gasteiger partial charge in [-0.1, -0.05) is 6.92 Å². The van der Waals surface area contributed by atoms with Gasteiger partial charge in [-0.15, -0.1) is 24.0 Å². The molecule has 2 aliphatic rings. The fourth-order valence-electron chi connectivity index (χ4n) is 2.31. The zero-order valence-electron chi connectivity index (χ0n) is 12.8. The summed E-state index contributed by atoms with van der Waals surface area (Å²) in [4.78, 5) is 20.1. The molecule has 2 rings (SSSR count). The fourth-order valence-corrected chi connectivity index (χ4v) is 2.31. The normalized spacial score (nSPS) is 23.1. The molecule has 0 bridgehead atoms. The van der Waals surface area contributed by atoms with Crippen LogP contribution in [0.5, 0.6) is 0 Å². The highest BCUT2D eigenvalue weighted by Crippen LogP contribution is 2.21. The topological polar surface area (TPSA) is 47.9 Å². The zero-order valence-corrected chi connectivity index (χ0v) is 15.1. The van der Waals surface area contributed by atoms with Gasteiger partial charge in [0.15, 0.2) is 5.96 Å². The summed E-state index contributed by atoms with van der Waals surface area (Å²) < 4.78 is 0. The number of rotatable bonds is 3. The molecule has 1 aliphatic carbocycles. The van der Waals surface area contributed by atoms with E-state index in [-0.39, 0.29) is 36.4 Å². The molecule has 20 heavy (non-hydrogen) atoms. The van der Waals surface area contributed by atoms with Gasteiger partial charge in [0, 0.05) is 33.2 Å². The summed E-state index contributed by atoms with van der Waals surface area (Å²) in [5, 5.41) is 3.48. The molecule has 116 valence electrons. The number of nitrogens with zero attached hydrogens (tertiary/aromatic N) is 3. The van der Waals surface area contributed by atoms with Crippen LogP contribution in [-0.4, -0.2) is 61.4 Å². The Labute approximate surface area is 139 Å². The fraction of sp³-hybridized carbons (Fsp3) is 0.857. The van der Waals surface area contributed by atoms with E-state index in [0.29, 0.717) is 12.0 Å². The number of likely N-dealkylation sites (N-methyl/N-ethyl adjacent to an activating group) is 1. The van der Waals surface area contributed by atoms with Crippen LogP contribution in [0.2, 0.25) is 0 Å². The summed E-state index contributed by atoms with van der Waals surface area (Å²) >= 11 is 0. The third-order valence-electron chi connectivity index (χ3n) is 3.73. The second-order valence-electron chi connectivity index (χ2n) is 6.04. The predicted molar refractivity (Wildman–Crippen MR) is 92.5 cm³/mol. The molecule has 5 nitrogen and oxygen atoms in total. The Morgan fingerprint density at radius 1 is 1.35 bits per heavy atom. The van der Waals surface area contributed by atoms with Crippen molar-refractivity contribution in [2.75, 3.05) is 33.7 Å². The summed E-state index contributed by atoms with van der Waals surface area (Å²) in [6, 6.07) is 0.574. The van der Waals surface area contributed by atoms with Gasteiger partial charge in [0.2, 0.25) is 5.91 Å². The maximum absolute atomic E-state index is 11.7. The first kappa shape index (κ1) is 17.5. The van der Waals surface area contributed by atoms with Crippen LogP contribution in [0, 0.1) is 5.92 Å². The molecule has 1 N–H and O–H groups in total. The number of piperidine rings is 1. The largest absolute Gasteiger partial charge is 0.353 e. The van der Waals surface area contributed by atoms with Gasteiger partial charge in [0.25, 0.3) is 0 Å². The maximum atomic E-state index is 11.7. The Balaban J connectivity index is 0.00000200. The van der Waals surface area contributed by atoms with Crippen molar-refractivity contribution >= 4 is 35.8 Å². The molecule has 0 aromatic rings. The first-order chi connectivity index (χ1) is 9.06. The van der Waals surface area contributed by atoms with E-state index in [0.717, 1.165) is 19.0 Å². The quantitative estimate of drug-likeness (QED) is 0.449. The summed E-state index contributed by atoms with van der Waals surface area (Å²) in [6.45, 7) is 4.63. The van der Waals surface area contributed by atoms with Crippen molar-refractivity contribution in [1.82, 2.24) is 15.1 Å². The van der Waals surface area contributed by atoms with E-state index in [9.17, 15) is 4.79 Å². The Kier molecular flexibility index (Phi) is 7.05. The van der Waals surface area contributed by atoms with Crippen LogP contribution in [0.25, 0.3) is 0 Å². The van der Waals surface area contributed by atoms with E-state index in [1.807, 2.05) is 0 Å². The third kappa shape index (κ3) is 5.46. The number of aliphatic imine (C=N–C) groups is 1. The standard InChI is InChI=1S/C14H26N4O.HI/c1-11-5-4-8-18(10-11)14(16-12-6-7-12)15-9-13(19)17(2)3;/h11-12H,4-10H2,1-3H3,(H,15,16);1H. The molecule has 1 saturated carbocycles. The van der Waals surface area contributed by atoms with Gasteiger partial charge in [0.05, 0.1) is 0 Å². The van der Waals surface area contributed by atoms with E-state index in [1.165, 1.54) is 25.7 Å². The molecule has 1 aliphatic heterocycles. The minimum atomic E-state index is 0. The van der Waals surface area contributed by atoms with Gasteiger partial charge < -0.3 is 15.1 Å². The maximum Gasteiger partial charge on any atom is 0.243 e. The number of carbonyl (C=O) groups is 1. The lowest BCUT2D eigenvalue weighted by atomic mass is 10.0. The Bertz CT molecular complexity index is 355. The van der Waals surface area contributed by atoms with Crippen LogP contribution < -0.4 is 5.32 Å².